The summed E-state index contributed by atoms with van der Waals surface area (Å²) in [6, 6.07) is 13.7. The quantitative estimate of drug-likeness (QED) is 0.776. The van der Waals surface area contributed by atoms with E-state index in [9.17, 15) is 9.59 Å². The Morgan fingerprint density at radius 3 is 2.24 bits per heavy atom. The largest absolute Gasteiger partial charge is 0.478 e. The summed E-state index contributed by atoms with van der Waals surface area (Å²) in [5.74, 6) is -1.13. The van der Waals surface area contributed by atoms with Crippen LogP contribution in [0.15, 0.2) is 48.5 Å². The summed E-state index contributed by atoms with van der Waals surface area (Å²) in [5, 5.41) is 9.08. The van der Waals surface area contributed by atoms with Crippen LogP contribution in [0, 0.1) is 0 Å². The van der Waals surface area contributed by atoms with Gasteiger partial charge in [-0.05, 0) is 24.3 Å². The lowest BCUT2D eigenvalue weighted by atomic mass is 9.99. The minimum atomic E-state index is -1.01. The van der Waals surface area contributed by atoms with Crippen molar-refractivity contribution in [2.75, 3.05) is 51.0 Å². The van der Waals surface area contributed by atoms with Crippen LogP contribution in [0.2, 0.25) is 0 Å². The lowest BCUT2D eigenvalue weighted by Gasteiger charge is -2.45. The third-order valence-electron chi connectivity index (χ3n) is 5.42. The molecule has 0 aromatic heterocycles. The first kappa shape index (κ1) is 19.6. The molecule has 4 rings (SSSR count). The number of ketones is 1. The molecule has 2 aliphatic rings. The molecule has 2 saturated heterocycles. The van der Waals surface area contributed by atoms with Gasteiger partial charge in [-0.3, -0.25) is 9.69 Å². The Morgan fingerprint density at radius 1 is 0.862 bits per heavy atom. The molecule has 7 nitrogen and oxygen atoms in total. The molecule has 1 N–H and O–H groups in total. The number of anilines is 1. The third-order valence-corrected chi connectivity index (χ3v) is 5.42. The van der Waals surface area contributed by atoms with Crippen molar-refractivity contribution < 1.29 is 24.2 Å². The molecule has 2 heterocycles. The first-order valence-electron chi connectivity index (χ1n) is 9.78. The highest BCUT2D eigenvalue weighted by atomic mass is 16.5. The van der Waals surface area contributed by atoms with Crippen LogP contribution < -0.4 is 4.90 Å². The first-order chi connectivity index (χ1) is 14.1. The van der Waals surface area contributed by atoms with Gasteiger partial charge in [0.05, 0.1) is 32.0 Å². The number of carboxylic acids is 1. The van der Waals surface area contributed by atoms with Gasteiger partial charge >= 0.3 is 5.97 Å². The zero-order valence-electron chi connectivity index (χ0n) is 16.1. The van der Waals surface area contributed by atoms with Crippen LogP contribution in [-0.2, 0) is 9.47 Å². The molecule has 2 aromatic rings. The number of para-hydroxylation sites is 1. The maximum atomic E-state index is 13.2. The van der Waals surface area contributed by atoms with Crippen molar-refractivity contribution in [1.82, 2.24) is 4.90 Å². The van der Waals surface area contributed by atoms with E-state index in [2.05, 4.69) is 9.80 Å². The van der Waals surface area contributed by atoms with Gasteiger partial charge in [0, 0.05) is 36.4 Å². The highest BCUT2D eigenvalue weighted by Crippen LogP contribution is 2.28. The summed E-state index contributed by atoms with van der Waals surface area (Å²) in [7, 11) is 0. The van der Waals surface area contributed by atoms with Crippen molar-refractivity contribution in [3.8, 4) is 0 Å². The molecule has 1 atom stereocenters. The molecule has 0 bridgehead atoms. The van der Waals surface area contributed by atoms with Crippen molar-refractivity contribution in [3.05, 3.63) is 65.2 Å². The van der Waals surface area contributed by atoms with E-state index in [4.69, 9.17) is 14.6 Å². The third kappa shape index (κ3) is 4.17. The number of ether oxygens (including phenoxy) is 2. The molecule has 1 unspecified atom stereocenters. The number of rotatable bonds is 5. The van der Waals surface area contributed by atoms with E-state index in [-0.39, 0.29) is 17.5 Å². The number of hydrogen-bond donors (Lipinski definition) is 1. The van der Waals surface area contributed by atoms with Gasteiger partial charge in [-0.25, -0.2) is 4.79 Å². The van der Waals surface area contributed by atoms with Crippen molar-refractivity contribution in [3.63, 3.8) is 0 Å². The first-order valence-corrected chi connectivity index (χ1v) is 9.78. The van der Waals surface area contributed by atoms with Crippen LogP contribution in [0.1, 0.15) is 26.3 Å². The van der Waals surface area contributed by atoms with Crippen LogP contribution in [0.3, 0.4) is 0 Å². The summed E-state index contributed by atoms with van der Waals surface area (Å²) in [6.07, 6.45) is 0.0518. The SMILES string of the molecule is O=C(O)c1ccc(C(=O)c2ccccc2N2CCOCC2N2CCOCC2)cc1. The van der Waals surface area contributed by atoms with Gasteiger partial charge in [-0.2, -0.15) is 0 Å². The molecular formula is C22H24N2O5. The van der Waals surface area contributed by atoms with Gasteiger partial charge in [0.25, 0.3) is 0 Å². The average Bonchev–Trinajstić information content (AvgIpc) is 2.79. The molecule has 0 saturated carbocycles. The summed E-state index contributed by atoms with van der Waals surface area (Å²) < 4.78 is 11.2. The van der Waals surface area contributed by atoms with E-state index in [0.717, 1.165) is 18.8 Å². The fourth-order valence-corrected chi connectivity index (χ4v) is 3.89. The number of carboxylic acid groups (broad SMARTS) is 1. The van der Waals surface area contributed by atoms with Crippen LogP contribution in [0.25, 0.3) is 0 Å². The predicted molar refractivity (Wildman–Crippen MR) is 108 cm³/mol. The van der Waals surface area contributed by atoms with E-state index in [1.807, 2.05) is 24.3 Å². The topological polar surface area (TPSA) is 79.3 Å². The van der Waals surface area contributed by atoms with E-state index in [0.29, 0.717) is 44.1 Å². The Morgan fingerprint density at radius 2 is 1.52 bits per heavy atom. The lowest BCUT2D eigenvalue weighted by molar-refractivity contribution is -0.0252. The Labute approximate surface area is 169 Å². The number of carbonyl (C=O) groups excluding carboxylic acids is 1. The fraction of sp³-hybridized carbons (Fsp3) is 0.364. The van der Waals surface area contributed by atoms with Gasteiger partial charge in [-0.15, -0.1) is 0 Å². The molecule has 2 aliphatic heterocycles. The second-order valence-corrected chi connectivity index (χ2v) is 7.13. The summed E-state index contributed by atoms with van der Waals surface area (Å²) in [4.78, 5) is 28.9. The van der Waals surface area contributed by atoms with Crippen molar-refractivity contribution in [2.24, 2.45) is 0 Å². The summed E-state index contributed by atoms with van der Waals surface area (Å²) in [6.45, 7) is 4.94. The smallest absolute Gasteiger partial charge is 0.335 e. The molecule has 0 aliphatic carbocycles. The summed E-state index contributed by atoms with van der Waals surface area (Å²) in [5.41, 5.74) is 2.12. The van der Waals surface area contributed by atoms with Crippen LogP contribution in [-0.4, -0.2) is 74.0 Å². The van der Waals surface area contributed by atoms with Gasteiger partial charge in [0.15, 0.2) is 5.78 Å². The van der Waals surface area contributed by atoms with Crippen molar-refractivity contribution in [2.45, 2.75) is 6.17 Å². The molecule has 0 spiro atoms. The van der Waals surface area contributed by atoms with Crippen molar-refractivity contribution in [1.29, 1.82) is 0 Å². The van der Waals surface area contributed by atoms with E-state index < -0.39 is 5.97 Å². The molecular weight excluding hydrogens is 372 g/mol. The summed E-state index contributed by atoms with van der Waals surface area (Å²) >= 11 is 0. The molecule has 152 valence electrons. The predicted octanol–water partition coefficient (Wildman–Crippen LogP) is 2.11. The fourth-order valence-electron chi connectivity index (χ4n) is 3.89. The lowest BCUT2D eigenvalue weighted by Crippen LogP contribution is -2.58. The molecule has 0 amide bonds. The second kappa shape index (κ2) is 8.73. The van der Waals surface area contributed by atoms with Crippen LogP contribution in [0.5, 0.6) is 0 Å². The molecule has 0 radical (unpaired) electrons. The van der Waals surface area contributed by atoms with Crippen LogP contribution in [0.4, 0.5) is 5.69 Å². The maximum absolute atomic E-state index is 13.2. The number of carbonyl (C=O) groups is 2. The Hall–Kier alpha value is -2.74. The van der Waals surface area contributed by atoms with Crippen LogP contribution >= 0.6 is 0 Å². The second-order valence-electron chi connectivity index (χ2n) is 7.13. The average molecular weight is 396 g/mol. The highest BCUT2D eigenvalue weighted by molar-refractivity contribution is 6.12. The van der Waals surface area contributed by atoms with E-state index >= 15 is 0 Å². The molecule has 2 fully saturated rings. The number of morpholine rings is 2. The zero-order valence-corrected chi connectivity index (χ0v) is 16.1. The standard InChI is InChI=1S/C22H24N2O5/c25-21(16-5-7-17(8-6-16)22(26)27)18-3-1-2-4-19(18)24-11-14-29-15-20(24)23-9-12-28-13-10-23/h1-8,20H,9-15H2,(H,26,27). The van der Waals surface area contributed by atoms with Gasteiger partial charge < -0.3 is 19.5 Å². The Balaban J connectivity index is 1.64. The highest BCUT2D eigenvalue weighted by Gasteiger charge is 2.32. The zero-order chi connectivity index (χ0) is 20.2. The van der Waals surface area contributed by atoms with Gasteiger partial charge in [0.1, 0.15) is 6.17 Å². The monoisotopic (exact) mass is 396 g/mol. The Bertz CT molecular complexity index is 877. The minimum absolute atomic E-state index is 0.0518. The maximum Gasteiger partial charge on any atom is 0.335 e. The van der Waals surface area contributed by atoms with Crippen molar-refractivity contribution >= 4 is 17.4 Å². The number of nitrogens with zero attached hydrogens (tertiary/aromatic N) is 2. The Kier molecular flexibility index (Phi) is 5.89. The minimum Gasteiger partial charge on any atom is -0.478 e. The number of hydrogen-bond acceptors (Lipinski definition) is 6. The number of aromatic carboxylic acids is 1. The van der Waals surface area contributed by atoms with Gasteiger partial charge in [-0.1, -0.05) is 24.3 Å². The normalized spacial score (nSPS) is 20.4. The molecule has 2 aromatic carbocycles. The van der Waals surface area contributed by atoms with E-state index in [1.165, 1.54) is 12.1 Å². The molecule has 29 heavy (non-hydrogen) atoms. The van der Waals surface area contributed by atoms with E-state index in [1.54, 1.807) is 12.1 Å². The number of benzene rings is 2. The molecule has 7 heteroatoms. The van der Waals surface area contributed by atoms with Gasteiger partial charge in [0.2, 0.25) is 0 Å².